The predicted octanol–water partition coefficient (Wildman–Crippen LogP) is 3.35. The molecule has 1 aromatic carbocycles. The van der Waals surface area contributed by atoms with Crippen molar-refractivity contribution in [2.75, 3.05) is 17.2 Å². The summed E-state index contributed by atoms with van der Waals surface area (Å²) in [6.45, 7) is -0.939. The number of pyridine rings is 1. The Morgan fingerprint density at radius 1 is 1.25 bits per heavy atom. The van der Waals surface area contributed by atoms with E-state index in [1.54, 1.807) is 24.3 Å². The fourth-order valence-electron chi connectivity index (χ4n) is 2.43. The van der Waals surface area contributed by atoms with Crippen molar-refractivity contribution in [3.05, 3.63) is 30.5 Å². The summed E-state index contributed by atoms with van der Waals surface area (Å²) in [5, 5.41) is 0.670. The van der Waals surface area contributed by atoms with Gasteiger partial charge in [-0.1, -0.05) is 12.1 Å². The topological polar surface area (TPSA) is 42.1 Å². The number of nitrogen functional groups attached to an aromatic ring is 1. The number of alkyl halides is 3. The predicted molar refractivity (Wildman–Crippen MR) is 72.6 cm³/mol. The average Bonchev–Trinajstić information content (AvgIpc) is 3.19. The molecule has 1 saturated carbocycles. The highest BCUT2D eigenvalue weighted by molar-refractivity contribution is 5.98. The van der Waals surface area contributed by atoms with Crippen LogP contribution in [0.4, 0.5) is 24.5 Å². The molecule has 0 saturated heterocycles. The number of hydrogen-bond donors (Lipinski definition) is 1. The molecule has 1 aliphatic rings. The highest BCUT2D eigenvalue weighted by atomic mass is 19.4. The van der Waals surface area contributed by atoms with E-state index in [1.165, 1.54) is 11.1 Å². The van der Waals surface area contributed by atoms with E-state index in [0.29, 0.717) is 22.3 Å². The van der Waals surface area contributed by atoms with Crippen molar-refractivity contribution in [2.24, 2.45) is 0 Å². The first-order chi connectivity index (χ1) is 9.46. The molecule has 1 aliphatic carbocycles. The van der Waals surface area contributed by atoms with Crippen molar-refractivity contribution >= 4 is 22.3 Å². The minimum absolute atomic E-state index is 0.0383. The van der Waals surface area contributed by atoms with Crippen LogP contribution in [0.5, 0.6) is 0 Å². The number of benzene rings is 1. The van der Waals surface area contributed by atoms with E-state index in [2.05, 4.69) is 4.98 Å². The molecule has 6 heteroatoms. The Labute approximate surface area is 114 Å². The van der Waals surface area contributed by atoms with Gasteiger partial charge < -0.3 is 10.6 Å². The Morgan fingerprint density at radius 2 is 2.00 bits per heavy atom. The van der Waals surface area contributed by atoms with Crippen LogP contribution in [-0.2, 0) is 0 Å². The van der Waals surface area contributed by atoms with Gasteiger partial charge >= 0.3 is 6.18 Å². The maximum Gasteiger partial charge on any atom is 0.405 e. The van der Waals surface area contributed by atoms with E-state index < -0.39 is 12.7 Å². The molecule has 0 aliphatic heterocycles. The van der Waals surface area contributed by atoms with E-state index in [-0.39, 0.29) is 6.04 Å². The first-order valence-corrected chi connectivity index (χ1v) is 6.42. The number of nitrogens with zero attached hydrogens (tertiary/aromatic N) is 2. The van der Waals surface area contributed by atoms with Crippen molar-refractivity contribution in [3.63, 3.8) is 0 Å². The van der Waals surface area contributed by atoms with E-state index in [0.717, 1.165) is 12.8 Å². The SMILES string of the molecule is Nc1cccc2c(N(CC(F)(F)F)C3CC3)ccnc12. The molecule has 2 aromatic rings. The number of nitrogens with two attached hydrogens (primary N) is 1. The van der Waals surface area contributed by atoms with Gasteiger partial charge in [-0.05, 0) is 25.0 Å². The normalized spacial score (nSPS) is 15.6. The van der Waals surface area contributed by atoms with Gasteiger partial charge in [-0.25, -0.2) is 0 Å². The summed E-state index contributed by atoms with van der Waals surface area (Å²) >= 11 is 0. The Hall–Kier alpha value is -1.98. The van der Waals surface area contributed by atoms with Gasteiger partial charge in [0.2, 0.25) is 0 Å². The monoisotopic (exact) mass is 281 g/mol. The molecule has 0 amide bonds. The number of hydrogen-bond acceptors (Lipinski definition) is 3. The number of para-hydroxylation sites is 1. The zero-order valence-corrected chi connectivity index (χ0v) is 10.7. The molecule has 0 bridgehead atoms. The number of fused-ring (bicyclic) bond motifs is 1. The minimum Gasteiger partial charge on any atom is -0.397 e. The van der Waals surface area contributed by atoms with Crippen LogP contribution in [0.25, 0.3) is 10.9 Å². The summed E-state index contributed by atoms with van der Waals surface area (Å²) in [7, 11) is 0. The average molecular weight is 281 g/mol. The van der Waals surface area contributed by atoms with Crippen molar-refractivity contribution < 1.29 is 13.2 Å². The molecule has 3 rings (SSSR count). The maximum absolute atomic E-state index is 12.8. The Morgan fingerprint density at radius 3 is 2.65 bits per heavy atom. The van der Waals surface area contributed by atoms with Crippen LogP contribution in [0.3, 0.4) is 0 Å². The van der Waals surface area contributed by atoms with E-state index in [9.17, 15) is 13.2 Å². The van der Waals surface area contributed by atoms with Gasteiger partial charge in [-0.15, -0.1) is 0 Å². The quantitative estimate of drug-likeness (QED) is 0.877. The second-order valence-electron chi connectivity index (χ2n) is 5.05. The van der Waals surface area contributed by atoms with E-state index in [1.807, 2.05) is 0 Å². The Balaban J connectivity index is 2.09. The Bertz CT molecular complexity index is 635. The molecule has 0 radical (unpaired) electrons. The van der Waals surface area contributed by atoms with Crippen LogP contribution in [-0.4, -0.2) is 23.7 Å². The van der Waals surface area contributed by atoms with Crippen LogP contribution >= 0.6 is 0 Å². The number of anilines is 2. The van der Waals surface area contributed by atoms with Crippen LogP contribution < -0.4 is 10.6 Å². The van der Waals surface area contributed by atoms with Crippen molar-refractivity contribution in [2.45, 2.75) is 25.1 Å². The first kappa shape index (κ1) is 13.0. The lowest BCUT2D eigenvalue weighted by Gasteiger charge is -2.27. The summed E-state index contributed by atoms with van der Waals surface area (Å²) < 4.78 is 38.3. The fourth-order valence-corrected chi connectivity index (χ4v) is 2.43. The highest BCUT2D eigenvalue weighted by Gasteiger charge is 2.38. The standard InChI is InChI=1S/C14H14F3N3/c15-14(16,17)8-20(9-4-5-9)12-6-7-19-13-10(12)2-1-3-11(13)18/h1-3,6-7,9H,4-5,8,18H2. The third-order valence-corrected chi connectivity index (χ3v) is 3.43. The van der Waals surface area contributed by atoms with Crippen LogP contribution in [0, 0.1) is 0 Å². The molecule has 3 nitrogen and oxygen atoms in total. The lowest BCUT2D eigenvalue weighted by atomic mass is 10.1. The molecular weight excluding hydrogens is 267 g/mol. The first-order valence-electron chi connectivity index (χ1n) is 6.42. The number of rotatable bonds is 3. The molecule has 0 atom stereocenters. The second kappa shape index (κ2) is 4.54. The lowest BCUT2D eigenvalue weighted by Crippen LogP contribution is -2.36. The second-order valence-corrected chi connectivity index (χ2v) is 5.05. The third kappa shape index (κ3) is 2.50. The third-order valence-electron chi connectivity index (χ3n) is 3.43. The van der Waals surface area contributed by atoms with E-state index in [4.69, 9.17) is 5.73 Å². The number of halogens is 3. The molecule has 1 fully saturated rings. The molecule has 1 aromatic heterocycles. The minimum atomic E-state index is -4.22. The smallest absolute Gasteiger partial charge is 0.397 e. The van der Waals surface area contributed by atoms with Crippen molar-refractivity contribution in [1.82, 2.24) is 4.98 Å². The van der Waals surface area contributed by atoms with Gasteiger partial charge in [0.05, 0.1) is 11.2 Å². The van der Waals surface area contributed by atoms with Crippen molar-refractivity contribution in [3.8, 4) is 0 Å². The van der Waals surface area contributed by atoms with Crippen LogP contribution in [0.2, 0.25) is 0 Å². The van der Waals surface area contributed by atoms with Gasteiger partial charge in [0.15, 0.2) is 0 Å². The molecule has 0 spiro atoms. The Kier molecular flexibility index (Phi) is 2.96. The maximum atomic E-state index is 12.8. The highest BCUT2D eigenvalue weighted by Crippen LogP contribution is 2.38. The summed E-state index contributed by atoms with van der Waals surface area (Å²) in [5.41, 5.74) is 7.43. The number of aromatic nitrogens is 1. The van der Waals surface area contributed by atoms with Crippen LogP contribution in [0.15, 0.2) is 30.5 Å². The summed E-state index contributed by atoms with van der Waals surface area (Å²) in [6, 6.07) is 6.79. The van der Waals surface area contributed by atoms with Gasteiger partial charge in [-0.2, -0.15) is 13.2 Å². The molecule has 0 unspecified atom stereocenters. The van der Waals surface area contributed by atoms with Crippen molar-refractivity contribution in [1.29, 1.82) is 0 Å². The summed E-state index contributed by atoms with van der Waals surface area (Å²) in [6.07, 6.45) is -1.12. The van der Waals surface area contributed by atoms with Gasteiger partial charge in [0, 0.05) is 23.3 Å². The molecule has 1 heterocycles. The summed E-state index contributed by atoms with van der Waals surface area (Å²) in [4.78, 5) is 5.59. The molecular formula is C14H14F3N3. The van der Waals surface area contributed by atoms with E-state index >= 15 is 0 Å². The molecule has 106 valence electrons. The largest absolute Gasteiger partial charge is 0.405 e. The van der Waals surface area contributed by atoms with Gasteiger partial charge in [-0.3, -0.25) is 4.98 Å². The zero-order valence-electron chi connectivity index (χ0n) is 10.7. The fraction of sp³-hybridized carbons (Fsp3) is 0.357. The zero-order chi connectivity index (χ0) is 14.3. The van der Waals surface area contributed by atoms with Gasteiger partial charge in [0.1, 0.15) is 6.54 Å². The lowest BCUT2D eigenvalue weighted by molar-refractivity contribution is -0.119. The van der Waals surface area contributed by atoms with Gasteiger partial charge in [0.25, 0.3) is 0 Å². The molecule has 20 heavy (non-hydrogen) atoms. The summed E-state index contributed by atoms with van der Waals surface area (Å²) in [5.74, 6) is 0. The van der Waals surface area contributed by atoms with Crippen LogP contribution in [0.1, 0.15) is 12.8 Å². The molecule has 2 N–H and O–H groups in total.